The van der Waals surface area contributed by atoms with Gasteiger partial charge in [0.05, 0.1) is 4.08 Å². The van der Waals surface area contributed by atoms with Crippen LogP contribution in [0.2, 0.25) is 0 Å². The third-order valence-corrected chi connectivity index (χ3v) is 0.935. The van der Waals surface area contributed by atoms with E-state index in [2.05, 4.69) is 30.7 Å². The molecule has 10 heavy (non-hydrogen) atoms. The molecule has 0 aromatic rings. The normalized spacial score (nSPS) is 11.1. The molecule has 0 rings (SSSR count). The summed E-state index contributed by atoms with van der Waals surface area (Å²) in [5.41, 5.74) is 4.39. The number of hydrazine groups is 1. The average molecular weight is 182 g/mol. The van der Waals surface area contributed by atoms with Crippen LogP contribution in [-0.2, 0) is 0 Å². The van der Waals surface area contributed by atoms with E-state index in [0.717, 1.165) is 0 Å². The van der Waals surface area contributed by atoms with Gasteiger partial charge in [-0.3, -0.25) is 5.43 Å². The molecule has 0 aliphatic carbocycles. The van der Waals surface area contributed by atoms with Gasteiger partial charge in [0.15, 0.2) is 0 Å². The number of hydrogen-bond donors (Lipinski definition) is 5. The molecule has 0 spiro atoms. The van der Waals surface area contributed by atoms with Crippen LogP contribution in [0.15, 0.2) is 0 Å². The van der Waals surface area contributed by atoms with Gasteiger partial charge >= 0.3 is 6.09 Å². The Morgan fingerprint density at radius 2 is 2.20 bits per heavy atom. The first-order valence-corrected chi connectivity index (χ1v) is 3.48. The maximum Gasteiger partial charge on any atom is 0.419 e. The summed E-state index contributed by atoms with van der Waals surface area (Å²) in [5.74, 6) is 0. The SMILES string of the molecule is CC(S)(S)CNNC(=O)O. The van der Waals surface area contributed by atoms with Crippen molar-refractivity contribution in [2.75, 3.05) is 6.54 Å². The van der Waals surface area contributed by atoms with E-state index in [1.165, 1.54) is 0 Å². The summed E-state index contributed by atoms with van der Waals surface area (Å²) in [5, 5.41) is 8.09. The van der Waals surface area contributed by atoms with Crippen LogP contribution >= 0.6 is 25.3 Å². The lowest BCUT2D eigenvalue weighted by atomic mass is 10.5. The summed E-state index contributed by atoms with van der Waals surface area (Å²) >= 11 is 8.05. The Balaban J connectivity index is 3.29. The maximum atomic E-state index is 9.86. The van der Waals surface area contributed by atoms with E-state index >= 15 is 0 Å². The highest BCUT2D eigenvalue weighted by atomic mass is 32.2. The Kier molecular flexibility index (Phi) is 3.92. The lowest BCUT2D eigenvalue weighted by Gasteiger charge is -2.15. The summed E-state index contributed by atoms with van der Waals surface area (Å²) in [6, 6.07) is 0. The van der Waals surface area contributed by atoms with Crippen LogP contribution in [0.3, 0.4) is 0 Å². The van der Waals surface area contributed by atoms with E-state index in [0.29, 0.717) is 6.54 Å². The molecule has 0 saturated heterocycles. The van der Waals surface area contributed by atoms with Gasteiger partial charge in [0.1, 0.15) is 0 Å². The Bertz CT molecular complexity index is 123. The zero-order chi connectivity index (χ0) is 8.20. The minimum atomic E-state index is -1.12. The van der Waals surface area contributed by atoms with Gasteiger partial charge in [0.2, 0.25) is 0 Å². The van der Waals surface area contributed by atoms with Gasteiger partial charge in [0, 0.05) is 6.54 Å². The summed E-state index contributed by atoms with van der Waals surface area (Å²) in [7, 11) is 0. The Morgan fingerprint density at radius 1 is 1.70 bits per heavy atom. The molecule has 0 fully saturated rings. The highest BCUT2D eigenvalue weighted by Crippen LogP contribution is 2.15. The van der Waals surface area contributed by atoms with Crippen molar-refractivity contribution >= 4 is 31.4 Å². The monoisotopic (exact) mass is 182 g/mol. The van der Waals surface area contributed by atoms with Crippen molar-refractivity contribution in [2.45, 2.75) is 11.0 Å². The summed E-state index contributed by atoms with van der Waals surface area (Å²) < 4.78 is -0.511. The molecular formula is C4H10N2O2S2. The summed E-state index contributed by atoms with van der Waals surface area (Å²) in [4.78, 5) is 9.86. The van der Waals surface area contributed by atoms with E-state index in [1.807, 2.05) is 5.43 Å². The number of carboxylic acid groups (broad SMARTS) is 1. The molecule has 0 aliphatic rings. The second-order valence-corrected chi connectivity index (χ2v) is 4.33. The summed E-state index contributed by atoms with van der Waals surface area (Å²) in [6.45, 7) is 2.10. The third-order valence-electron chi connectivity index (χ3n) is 0.619. The molecule has 0 bridgehead atoms. The molecule has 1 amide bonds. The van der Waals surface area contributed by atoms with E-state index < -0.39 is 10.2 Å². The van der Waals surface area contributed by atoms with Crippen molar-refractivity contribution in [2.24, 2.45) is 0 Å². The minimum Gasteiger partial charge on any atom is -0.464 e. The van der Waals surface area contributed by atoms with Crippen molar-refractivity contribution in [1.29, 1.82) is 0 Å². The van der Waals surface area contributed by atoms with Crippen LogP contribution in [0.4, 0.5) is 4.79 Å². The lowest BCUT2D eigenvalue weighted by molar-refractivity contribution is 0.189. The number of nitrogens with one attached hydrogen (secondary N) is 2. The maximum absolute atomic E-state index is 9.86. The van der Waals surface area contributed by atoms with Gasteiger partial charge < -0.3 is 5.11 Å². The molecular weight excluding hydrogens is 172 g/mol. The molecule has 3 N–H and O–H groups in total. The molecule has 6 heteroatoms. The number of hydrogen-bond acceptors (Lipinski definition) is 4. The molecule has 0 aromatic heterocycles. The fourth-order valence-corrected chi connectivity index (χ4v) is 0.445. The van der Waals surface area contributed by atoms with Crippen molar-refractivity contribution < 1.29 is 9.90 Å². The first-order valence-electron chi connectivity index (χ1n) is 2.58. The van der Waals surface area contributed by atoms with Crippen LogP contribution in [0.1, 0.15) is 6.92 Å². The molecule has 0 aromatic carbocycles. The predicted molar refractivity (Wildman–Crippen MR) is 45.5 cm³/mol. The molecule has 60 valence electrons. The summed E-state index contributed by atoms with van der Waals surface area (Å²) in [6.07, 6.45) is -1.12. The van der Waals surface area contributed by atoms with E-state index in [1.54, 1.807) is 6.92 Å². The standard InChI is InChI=1S/C4H10N2O2S2/c1-4(9,10)2-5-6-3(7)8/h5-6,9-10H,2H2,1H3,(H,7,8). The zero-order valence-corrected chi connectivity index (χ0v) is 7.25. The fraction of sp³-hybridized carbons (Fsp3) is 0.750. The third kappa shape index (κ3) is 7.93. The van der Waals surface area contributed by atoms with Crippen LogP contribution in [0, 0.1) is 0 Å². The molecule has 0 unspecified atom stereocenters. The van der Waals surface area contributed by atoms with Gasteiger partial charge in [-0.05, 0) is 6.92 Å². The Hall–Kier alpha value is -0.0700. The van der Waals surface area contributed by atoms with E-state index in [4.69, 9.17) is 5.11 Å². The highest BCUT2D eigenvalue weighted by molar-refractivity contribution is 8.00. The predicted octanol–water partition coefficient (Wildman–Crippen LogP) is 0.334. The fourth-order valence-electron chi connectivity index (χ4n) is 0.287. The molecule has 0 aliphatic heterocycles. The second-order valence-electron chi connectivity index (χ2n) is 2.00. The van der Waals surface area contributed by atoms with Gasteiger partial charge in [-0.2, -0.15) is 25.3 Å². The molecule has 0 saturated carbocycles. The zero-order valence-electron chi connectivity index (χ0n) is 5.46. The Morgan fingerprint density at radius 3 is 2.50 bits per heavy atom. The Labute approximate surface area is 70.2 Å². The molecule has 4 nitrogen and oxygen atoms in total. The average Bonchev–Trinajstić information content (AvgIpc) is 1.59. The number of thiol groups is 2. The van der Waals surface area contributed by atoms with Crippen LogP contribution < -0.4 is 10.9 Å². The first-order chi connectivity index (χ1) is 4.42. The number of amides is 1. The number of carbonyl (C=O) groups is 1. The smallest absolute Gasteiger partial charge is 0.419 e. The topological polar surface area (TPSA) is 61.4 Å². The van der Waals surface area contributed by atoms with Crippen molar-refractivity contribution in [3.8, 4) is 0 Å². The molecule has 0 heterocycles. The highest BCUT2D eigenvalue weighted by Gasteiger charge is 2.11. The van der Waals surface area contributed by atoms with Crippen molar-refractivity contribution in [3.05, 3.63) is 0 Å². The van der Waals surface area contributed by atoms with Crippen LogP contribution in [-0.4, -0.2) is 21.8 Å². The van der Waals surface area contributed by atoms with Gasteiger partial charge in [0.25, 0.3) is 0 Å². The van der Waals surface area contributed by atoms with Crippen LogP contribution in [0.25, 0.3) is 0 Å². The van der Waals surface area contributed by atoms with Crippen LogP contribution in [0.5, 0.6) is 0 Å². The molecule has 0 atom stereocenters. The van der Waals surface area contributed by atoms with E-state index in [-0.39, 0.29) is 0 Å². The second kappa shape index (κ2) is 3.95. The van der Waals surface area contributed by atoms with Gasteiger partial charge in [-0.1, -0.05) is 0 Å². The lowest BCUT2D eigenvalue weighted by Crippen LogP contribution is -2.41. The van der Waals surface area contributed by atoms with Gasteiger partial charge in [-0.25, -0.2) is 10.2 Å². The van der Waals surface area contributed by atoms with Crippen molar-refractivity contribution in [1.82, 2.24) is 10.9 Å². The van der Waals surface area contributed by atoms with Crippen molar-refractivity contribution in [3.63, 3.8) is 0 Å². The minimum absolute atomic E-state index is 0.353. The number of rotatable bonds is 3. The molecule has 0 radical (unpaired) electrons. The van der Waals surface area contributed by atoms with Gasteiger partial charge in [-0.15, -0.1) is 0 Å². The quantitative estimate of drug-likeness (QED) is 0.248. The first kappa shape index (κ1) is 9.93. The largest absolute Gasteiger partial charge is 0.464 e. The van der Waals surface area contributed by atoms with E-state index in [9.17, 15) is 4.79 Å².